The third-order valence-corrected chi connectivity index (χ3v) is 5.25. The number of carbonyl (C=O) groups is 1. The summed E-state index contributed by atoms with van der Waals surface area (Å²) < 4.78 is 0. The number of aryl methyl sites for hydroxylation is 2. The van der Waals surface area contributed by atoms with Gasteiger partial charge in [-0.25, -0.2) is 15.0 Å². The van der Waals surface area contributed by atoms with E-state index in [1.54, 1.807) is 12.3 Å². The van der Waals surface area contributed by atoms with E-state index in [0.29, 0.717) is 12.4 Å². The van der Waals surface area contributed by atoms with Crippen LogP contribution in [0.5, 0.6) is 0 Å². The van der Waals surface area contributed by atoms with Crippen LogP contribution in [0.2, 0.25) is 0 Å². The van der Waals surface area contributed by atoms with Crippen molar-refractivity contribution >= 4 is 23.6 Å². The van der Waals surface area contributed by atoms with Gasteiger partial charge in [-0.1, -0.05) is 36.4 Å². The van der Waals surface area contributed by atoms with Gasteiger partial charge in [-0.3, -0.25) is 4.79 Å². The maximum atomic E-state index is 12.6. The molecule has 152 valence electrons. The molecule has 1 N–H and O–H groups in total. The number of nitrogens with one attached hydrogen (secondary N) is 1. The van der Waals surface area contributed by atoms with Crippen LogP contribution in [-0.4, -0.2) is 38.8 Å². The SMILES string of the molecule is Cc1nc(Nc2ncccc2C)cc(C2CCN(C(=O)/C=C/c3ccccc3)C2)n1. The van der Waals surface area contributed by atoms with Gasteiger partial charge in [0.25, 0.3) is 0 Å². The molecule has 1 amide bonds. The molecule has 0 saturated carbocycles. The normalized spacial score (nSPS) is 16.2. The minimum atomic E-state index is 0.0367. The van der Waals surface area contributed by atoms with Gasteiger partial charge in [0, 0.05) is 37.3 Å². The molecule has 1 atom stereocenters. The first-order valence-electron chi connectivity index (χ1n) is 10.1. The quantitative estimate of drug-likeness (QED) is 0.649. The maximum absolute atomic E-state index is 12.6. The molecule has 3 aromatic rings. The summed E-state index contributed by atoms with van der Waals surface area (Å²) in [5, 5.41) is 3.30. The van der Waals surface area contributed by atoms with E-state index < -0.39 is 0 Å². The molecule has 30 heavy (non-hydrogen) atoms. The highest BCUT2D eigenvalue weighted by atomic mass is 16.2. The van der Waals surface area contributed by atoms with Gasteiger partial charge < -0.3 is 10.2 Å². The molecule has 1 aromatic carbocycles. The van der Waals surface area contributed by atoms with Crippen LogP contribution in [0.3, 0.4) is 0 Å². The lowest BCUT2D eigenvalue weighted by molar-refractivity contribution is -0.124. The fraction of sp³-hybridized carbons (Fsp3) is 0.250. The van der Waals surface area contributed by atoms with E-state index in [0.717, 1.165) is 41.4 Å². The lowest BCUT2D eigenvalue weighted by atomic mass is 10.0. The molecular weight excluding hydrogens is 374 g/mol. The van der Waals surface area contributed by atoms with Gasteiger partial charge in [0.15, 0.2) is 0 Å². The van der Waals surface area contributed by atoms with E-state index in [1.165, 1.54) is 0 Å². The number of anilines is 2. The van der Waals surface area contributed by atoms with Crippen LogP contribution in [0.1, 0.15) is 35.0 Å². The van der Waals surface area contributed by atoms with Crippen LogP contribution >= 0.6 is 0 Å². The summed E-state index contributed by atoms with van der Waals surface area (Å²) in [6, 6.07) is 15.8. The van der Waals surface area contributed by atoms with E-state index in [4.69, 9.17) is 0 Å². The first-order valence-corrected chi connectivity index (χ1v) is 10.1. The fourth-order valence-corrected chi connectivity index (χ4v) is 3.64. The first-order chi connectivity index (χ1) is 14.6. The molecule has 1 saturated heterocycles. The Morgan fingerprint density at radius 2 is 1.97 bits per heavy atom. The first kappa shape index (κ1) is 19.8. The Labute approximate surface area is 176 Å². The second kappa shape index (κ2) is 8.86. The smallest absolute Gasteiger partial charge is 0.246 e. The van der Waals surface area contributed by atoms with E-state index in [2.05, 4.69) is 20.3 Å². The molecule has 6 nitrogen and oxygen atoms in total. The molecule has 4 rings (SSSR count). The Hall–Kier alpha value is -3.54. The van der Waals surface area contributed by atoms with Crippen molar-refractivity contribution in [3.05, 3.63) is 83.4 Å². The number of carbonyl (C=O) groups excluding carboxylic acids is 1. The molecule has 0 spiro atoms. The van der Waals surface area contributed by atoms with Gasteiger partial charge in [0.1, 0.15) is 17.5 Å². The number of rotatable bonds is 5. The Balaban J connectivity index is 1.45. The van der Waals surface area contributed by atoms with Crippen LogP contribution in [0, 0.1) is 13.8 Å². The predicted molar refractivity (Wildman–Crippen MR) is 118 cm³/mol. The number of benzene rings is 1. The average Bonchev–Trinajstić information content (AvgIpc) is 3.25. The average molecular weight is 399 g/mol. The summed E-state index contributed by atoms with van der Waals surface area (Å²) in [4.78, 5) is 28.0. The highest BCUT2D eigenvalue weighted by Gasteiger charge is 2.27. The van der Waals surface area contributed by atoms with Crippen molar-refractivity contribution in [3.63, 3.8) is 0 Å². The third kappa shape index (κ3) is 4.71. The molecule has 0 aliphatic carbocycles. The van der Waals surface area contributed by atoms with E-state index in [-0.39, 0.29) is 11.8 Å². The molecular formula is C24H25N5O. The fourth-order valence-electron chi connectivity index (χ4n) is 3.64. The lowest BCUT2D eigenvalue weighted by Gasteiger charge is -2.15. The highest BCUT2D eigenvalue weighted by molar-refractivity contribution is 5.92. The van der Waals surface area contributed by atoms with Crippen molar-refractivity contribution in [2.24, 2.45) is 0 Å². The molecule has 2 aromatic heterocycles. The number of hydrogen-bond acceptors (Lipinski definition) is 5. The van der Waals surface area contributed by atoms with Gasteiger partial charge >= 0.3 is 0 Å². The molecule has 3 heterocycles. The minimum Gasteiger partial charge on any atom is -0.338 e. The van der Waals surface area contributed by atoms with Gasteiger partial charge in [-0.05, 0) is 43.5 Å². The zero-order chi connectivity index (χ0) is 20.9. The Morgan fingerprint density at radius 3 is 2.77 bits per heavy atom. The maximum Gasteiger partial charge on any atom is 0.246 e. The monoisotopic (exact) mass is 399 g/mol. The zero-order valence-electron chi connectivity index (χ0n) is 17.2. The molecule has 0 radical (unpaired) electrons. The molecule has 1 aliphatic heterocycles. The summed E-state index contributed by atoms with van der Waals surface area (Å²) in [6.45, 7) is 5.29. The lowest BCUT2D eigenvalue weighted by Crippen LogP contribution is -2.26. The van der Waals surface area contributed by atoms with Crippen LogP contribution in [-0.2, 0) is 4.79 Å². The van der Waals surface area contributed by atoms with Gasteiger partial charge in [-0.15, -0.1) is 0 Å². The Bertz CT molecular complexity index is 1060. The van der Waals surface area contributed by atoms with E-state index in [1.807, 2.05) is 73.4 Å². The second-order valence-corrected chi connectivity index (χ2v) is 7.53. The third-order valence-electron chi connectivity index (χ3n) is 5.25. The van der Waals surface area contributed by atoms with Crippen molar-refractivity contribution in [2.45, 2.75) is 26.2 Å². The highest BCUT2D eigenvalue weighted by Crippen LogP contribution is 2.28. The largest absolute Gasteiger partial charge is 0.338 e. The summed E-state index contributed by atoms with van der Waals surface area (Å²) in [6.07, 6.45) is 6.17. The number of amides is 1. The number of nitrogens with zero attached hydrogens (tertiary/aromatic N) is 4. The van der Waals surface area contributed by atoms with Gasteiger partial charge in [0.2, 0.25) is 5.91 Å². The van der Waals surface area contributed by atoms with Crippen molar-refractivity contribution in [1.29, 1.82) is 0 Å². The minimum absolute atomic E-state index is 0.0367. The van der Waals surface area contributed by atoms with E-state index in [9.17, 15) is 4.79 Å². The van der Waals surface area contributed by atoms with Crippen molar-refractivity contribution in [1.82, 2.24) is 19.9 Å². The van der Waals surface area contributed by atoms with E-state index >= 15 is 0 Å². The number of aromatic nitrogens is 3. The Morgan fingerprint density at radius 1 is 1.13 bits per heavy atom. The number of hydrogen-bond donors (Lipinski definition) is 1. The Kier molecular flexibility index (Phi) is 5.84. The van der Waals surface area contributed by atoms with Crippen LogP contribution in [0.25, 0.3) is 6.08 Å². The standard InChI is InChI=1S/C24H25N5O/c1-17-7-6-13-25-24(17)28-22-15-21(26-18(2)27-22)20-12-14-29(16-20)23(30)11-10-19-8-4-3-5-9-19/h3-11,13,15,20H,12,14,16H2,1-2H3,(H,25,26,27,28)/b11-10+. The summed E-state index contributed by atoms with van der Waals surface area (Å²) in [5.41, 5.74) is 3.03. The van der Waals surface area contributed by atoms with Crippen molar-refractivity contribution in [2.75, 3.05) is 18.4 Å². The van der Waals surface area contributed by atoms with Crippen molar-refractivity contribution < 1.29 is 4.79 Å². The summed E-state index contributed by atoms with van der Waals surface area (Å²) in [5.74, 6) is 2.46. The molecule has 0 bridgehead atoms. The van der Waals surface area contributed by atoms with Gasteiger partial charge in [-0.2, -0.15) is 0 Å². The zero-order valence-corrected chi connectivity index (χ0v) is 17.2. The van der Waals surface area contributed by atoms with Crippen LogP contribution < -0.4 is 5.32 Å². The number of likely N-dealkylation sites (tertiary alicyclic amines) is 1. The number of pyridine rings is 1. The van der Waals surface area contributed by atoms with Gasteiger partial charge in [0.05, 0.1) is 5.69 Å². The molecule has 1 unspecified atom stereocenters. The second-order valence-electron chi connectivity index (χ2n) is 7.53. The molecule has 1 aliphatic rings. The molecule has 1 fully saturated rings. The molecule has 6 heteroatoms. The van der Waals surface area contributed by atoms with Crippen LogP contribution in [0.15, 0.2) is 60.8 Å². The van der Waals surface area contributed by atoms with Crippen LogP contribution in [0.4, 0.5) is 11.6 Å². The predicted octanol–water partition coefficient (Wildman–Crippen LogP) is 4.26. The summed E-state index contributed by atoms with van der Waals surface area (Å²) in [7, 11) is 0. The summed E-state index contributed by atoms with van der Waals surface area (Å²) >= 11 is 0. The topological polar surface area (TPSA) is 71.0 Å². The van der Waals surface area contributed by atoms with Crippen molar-refractivity contribution in [3.8, 4) is 0 Å².